The quantitative estimate of drug-likeness (QED) is 0.465. The average molecular weight is 179 g/mol. The Morgan fingerprint density at radius 3 is 2.69 bits per heavy atom. The van der Waals surface area contributed by atoms with Crippen LogP contribution in [0.4, 0.5) is 0 Å². The molecule has 13 heavy (non-hydrogen) atoms. The van der Waals surface area contributed by atoms with Crippen molar-refractivity contribution >= 4 is 6.21 Å². The largest absolute Gasteiger partial charge is 0.301 e. The van der Waals surface area contributed by atoms with Gasteiger partial charge < -0.3 is 4.99 Å². The van der Waals surface area contributed by atoms with Crippen LogP contribution in [0.2, 0.25) is 0 Å². The maximum absolute atomic E-state index is 4.17. The number of hydrogen-bond acceptors (Lipinski definition) is 1. The molecule has 0 aromatic rings. The molecule has 1 rings (SSSR count). The summed E-state index contributed by atoms with van der Waals surface area (Å²) in [6.45, 7) is 4.62. The van der Waals surface area contributed by atoms with Crippen molar-refractivity contribution in [2.45, 2.75) is 33.1 Å². The molecule has 0 bridgehead atoms. The third-order valence-electron chi connectivity index (χ3n) is 3.18. The van der Waals surface area contributed by atoms with Gasteiger partial charge in [-0.15, -0.1) is 0 Å². The van der Waals surface area contributed by atoms with Crippen LogP contribution < -0.4 is 0 Å². The van der Waals surface area contributed by atoms with Crippen LogP contribution in [0, 0.1) is 17.8 Å². The predicted molar refractivity (Wildman–Crippen MR) is 59.2 cm³/mol. The molecule has 1 aliphatic rings. The van der Waals surface area contributed by atoms with Gasteiger partial charge in [0.2, 0.25) is 0 Å². The van der Waals surface area contributed by atoms with Crippen molar-refractivity contribution < 1.29 is 0 Å². The molecule has 0 aromatic heterocycles. The fourth-order valence-electron chi connectivity index (χ4n) is 2.28. The van der Waals surface area contributed by atoms with Crippen molar-refractivity contribution in [2.24, 2.45) is 22.7 Å². The van der Waals surface area contributed by atoms with Gasteiger partial charge in [0.1, 0.15) is 0 Å². The highest BCUT2D eigenvalue weighted by Crippen LogP contribution is 2.32. The molecule has 1 aliphatic carbocycles. The SMILES string of the molecule is CCC(C=NC)[C@H]1CC=CC[C@H]1C. The second kappa shape index (κ2) is 5.21. The zero-order chi connectivity index (χ0) is 9.68. The maximum Gasteiger partial charge on any atom is 0.0273 e. The minimum absolute atomic E-state index is 0.685. The lowest BCUT2D eigenvalue weighted by Crippen LogP contribution is -2.23. The fourth-order valence-corrected chi connectivity index (χ4v) is 2.28. The van der Waals surface area contributed by atoms with E-state index in [1.165, 1.54) is 19.3 Å². The summed E-state index contributed by atoms with van der Waals surface area (Å²) in [4.78, 5) is 4.17. The Hall–Kier alpha value is -0.590. The Morgan fingerprint density at radius 1 is 1.46 bits per heavy atom. The van der Waals surface area contributed by atoms with Crippen molar-refractivity contribution in [3.05, 3.63) is 12.2 Å². The van der Waals surface area contributed by atoms with E-state index in [9.17, 15) is 0 Å². The molecular weight excluding hydrogens is 158 g/mol. The van der Waals surface area contributed by atoms with Crippen LogP contribution in [0.25, 0.3) is 0 Å². The van der Waals surface area contributed by atoms with Crippen LogP contribution in [0.1, 0.15) is 33.1 Å². The second-order valence-corrected chi connectivity index (χ2v) is 4.06. The van der Waals surface area contributed by atoms with E-state index < -0.39 is 0 Å². The summed E-state index contributed by atoms with van der Waals surface area (Å²) >= 11 is 0. The molecule has 0 saturated carbocycles. The summed E-state index contributed by atoms with van der Waals surface area (Å²) in [5, 5.41) is 0. The maximum atomic E-state index is 4.17. The van der Waals surface area contributed by atoms with Gasteiger partial charge >= 0.3 is 0 Å². The molecule has 1 heteroatoms. The molecule has 3 atom stereocenters. The Morgan fingerprint density at radius 2 is 2.15 bits per heavy atom. The predicted octanol–water partition coefficient (Wildman–Crippen LogP) is 3.32. The number of aliphatic imine (C=N–C) groups is 1. The summed E-state index contributed by atoms with van der Waals surface area (Å²) in [7, 11) is 1.88. The van der Waals surface area contributed by atoms with E-state index in [0.717, 1.165) is 11.8 Å². The zero-order valence-corrected chi connectivity index (χ0v) is 9.03. The minimum atomic E-state index is 0.685. The van der Waals surface area contributed by atoms with Crippen LogP contribution in [0.5, 0.6) is 0 Å². The fraction of sp³-hybridized carbons (Fsp3) is 0.750. The van der Waals surface area contributed by atoms with Gasteiger partial charge in [-0.25, -0.2) is 0 Å². The summed E-state index contributed by atoms with van der Waals surface area (Å²) in [6, 6.07) is 0. The lowest BCUT2D eigenvalue weighted by atomic mass is 9.75. The van der Waals surface area contributed by atoms with Gasteiger partial charge in [0.15, 0.2) is 0 Å². The number of rotatable bonds is 3. The van der Waals surface area contributed by atoms with Crippen molar-refractivity contribution in [3.63, 3.8) is 0 Å². The Balaban J connectivity index is 2.61. The molecule has 0 saturated heterocycles. The molecule has 0 amide bonds. The van der Waals surface area contributed by atoms with E-state index in [4.69, 9.17) is 0 Å². The molecule has 0 N–H and O–H groups in total. The first-order chi connectivity index (χ1) is 6.29. The van der Waals surface area contributed by atoms with Crippen molar-refractivity contribution in [3.8, 4) is 0 Å². The Bertz CT molecular complexity index is 193. The van der Waals surface area contributed by atoms with E-state index in [0.29, 0.717) is 5.92 Å². The van der Waals surface area contributed by atoms with Crippen LogP contribution in [0.15, 0.2) is 17.1 Å². The normalized spacial score (nSPS) is 31.0. The first kappa shape index (κ1) is 10.5. The average Bonchev–Trinajstić information content (AvgIpc) is 2.16. The molecule has 0 fully saturated rings. The molecule has 1 unspecified atom stereocenters. The van der Waals surface area contributed by atoms with Gasteiger partial charge in [-0.3, -0.25) is 0 Å². The van der Waals surface area contributed by atoms with Gasteiger partial charge in [-0.1, -0.05) is 26.0 Å². The highest BCUT2D eigenvalue weighted by atomic mass is 14.6. The molecule has 74 valence electrons. The third-order valence-corrected chi connectivity index (χ3v) is 3.18. The molecular formula is C12H21N. The highest BCUT2D eigenvalue weighted by molar-refractivity contribution is 5.61. The van der Waals surface area contributed by atoms with Crippen molar-refractivity contribution in [2.75, 3.05) is 7.05 Å². The van der Waals surface area contributed by atoms with Crippen LogP contribution in [0.3, 0.4) is 0 Å². The van der Waals surface area contributed by atoms with Crippen molar-refractivity contribution in [1.29, 1.82) is 0 Å². The molecule has 0 spiro atoms. The van der Waals surface area contributed by atoms with E-state index in [1.54, 1.807) is 0 Å². The first-order valence-electron chi connectivity index (χ1n) is 5.36. The van der Waals surface area contributed by atoms with Gasteiger partial charge in [0, 0.05) is 13.3 Å². The van der Waals surface area contributed by atoms with E-state index >= 15 is 0 Å². The summed E-state index contributed by atoms with van der Waals surface area (Å²) in [5.74, 6) is 2.33. The van der Waals surface area contributed by atoms with Gasteiger partial charge in [-0.2, -0.15) is 0 Å². The smallest absolute Gasteiger partial charge is 0.0273 e. The van der Waals surface area contributed by atoms with Crippen LogP contribution in [-0.2, 0) is 0 Å². The second-order valence-electron chi connectivity index (χ2n) is 4.06. The van der Waals surface area contributed by atoms with E-state index in [2.05, 4.69) is 37.2 Å². The third kappa shape index (κ3) is 2.68. The topological polar surface area (TPSA) is 12.4 Å². The first-order valence-corrected chi connectivity index (χ1v) is 5.36. The van der Waals surface area contributed by atoms with Gasteiger partial charge in [0.25, 0.3) is 0 Å². The number of hydrogen-bond donors (Lipinski definition) is 0. The summed E-state index contributed by atoms with van der Waals surface area (Å²) in [6.07, 6.45) is 10.5. The Kier molecular flexibility index (Phi) is 4.20. The molecule has 1 nitrogen and oxygen atoms in total. The van der Waals surface area contributed by atoms with E-state index in [-0.39, 0.29) is 0 Å². The molecule has 0 aliphatic heterocycles. The summed E-state index contributed by atoms with van der Waals surface area (Å²) < 4.78 is 0. The number of nitrogens with zero attached hydrogens (tertiary/aromatic N) is 1. The lowest BCUT2D eigenvalue weighted by Gasteiger charge is -2.30. The standard InChI is InChI=1S/C12H21N/c1-4-11(9-13-3)12-8-6-5-7-10(12)2/h5-6,9-12H,4,7-8H2,1-3H3/t10-,11?,12+/m1/s1. The molecule has 0 radical (unpaired) electrons. The Labute approximate surface area is 82.0 Å². The number of allylic oxidation sites excluding steroid dienone is 2. The zero-order valence-electron chi connectivity index (χ0n) is 9.03. The molecule has 0 heterocycles. The van der Waals surface area contributed by atoms with E-state index in [1.807, 2.05) is 7.05 Å². The molecule has 0 aromatic carbocycles. The summed E-state index contributed by atoms with van der Waals surface area (Å²) in [5.41, 5.74) is 0. The monoisotopic (exact) mass is 179 g/mol. The lowest BCUT2D eigenvalue weighted by molar-refractivity contribution is 0.284. The minimum Gasteiger partial charge on any atom is -0.301 e. The van der Waals surface area contributed by atoms with Crippen molar-refractivity contribution in [1.82, 2.24) is 0 Å². The van der Waals surface area contributed by atoms with Crippen LogP contribution >= 0.6 is 0 Å². The van der Waals surface area contributed by atoms with Crippen LogP contribution in [-0.4, -0.2) is 13.3 Å². The van der Waals surface area contributed by atoms with Gasteiger partial charge in [-0.05, 0) is 37.0 Å². The van der Waals surface area contributed by atoms with Gasteiger partial charge in [0.05, 0.1) is 0 Å². The highest BCUT2D eigenvalue weighted by Gasteiger charge is 2.24.